The van der Waals surface area contributed by atoms with E-state index in [1.165, 1.54) is 11.1 Å². The molecule has 0 aliphatic carbocycles. The third kappa shape index (κ3) is 4.39. The Kier molecular flexibility index (Phi) is 6.10. The highest BCUT2D eigenvalue weighted by atomic mass is 15.1. The van der Waals surface area contributed by atoms with Crippen LogP contribution in [0, 0.1) is 0 Å². The molecule has 22 heavy (non-hydrogen) atoms. The van der Waals surface area contributed by atoms with Crippen LogP contribution in [-0.4, -0.2) is 30.0 Å². The van der Waals surface area contributed by atoms with E-state index < -0.39 is 0 Å². The van der Waals surface area contributed by atoms with Gasteiger partial charge in [-0.2, -0.15) is 0 Å². The number of nitrogens with zero attached hydrogens (tertiary/aromatic N) is 2. The minimum absolute atomic E-state index is 0.255. The van der Waals surface area contributed by atoms with Crippen molar-refractivity contribution in [2.45, 2.75) is 32.2 Å². The molecule has 0 fully saturated rings. The molecule has 2 aromatic rings. The zero-order valence-electron chi connectivity index (χ0n) is 13.9. The van der Waals surface area contributed by atoms with Crippen LogP contribution in [0.2, 0.25) is 0 Å². The molecule has 0 saturated heterocycles. The first-order valence-electron chi connectivity index (χ1n) is 8.02. The fourth-order valence-corrected chi connectivity index (χ4v) is 2.67. The van der Waals surface area contributed by atoms with Crippen molar-refractivity contribution in [3.8, 4) is 0 Å². The molecule has 2 N–H and O–H groups in total. The molecule has 0 bridgehead atoms. The molecule has 1 atom stereocenters. The molecule has 3 heteroatoms. The summed E-state index contributed by atoms with van der Waals surface area (Å²) in [5, 5.41) is 0. The maximum Gasteiger partial charge on any atom is 0.0467 e. The Morgan fingerprint density at radius 2 is 1.73 bits per heavy atom. The summed E-state index contributed by atoms with van der Waals surface area (Å²) < 4.78 is 0. The number of hydrogen-bond acceptors (Lipinski definition) is 3. The lowest BCUT2D eigenvalue weighted by molar-refractivity contribution is 0.252. The summed E-state index contributed by atoms with van der Waals surface area (Å²) in [4.78, 5) is 6.70. The van der Waals surface area contributed by atoms with Crippen LogP contribution in [0.4, 0.5) is 0 Å². The van der Waals surface area contributed by atoms with E-state index >= 15 is 0 Å². The average Bonchev–Trinajstić information content (AvgIpc) is 2.55. The van der Waals surface area contributed by atoms with Crippen LogP contribution in [-0.2, 0) is 6.42 Å². The summed E-state index contributed by atoms with van der Waals surface area (Å²) in [6.45, 7) is 6.01. The lowest BCUT2D eigenvalue weighted by atomic mass is 9.98. The van der Waals surface area contributed by atoms with Crippen LogP contribution in [0.5, 0.6) is 0 Å². The van der Waals surface area contributed by atoms with Gasteiger partial charge in [0.05, 0.1) is 0 Å². The van der Waals surface area contributed by atoms with Crippen molar-refractivity contribution in [1.82, 2.24) is 9.88 Å². The molecule has 2 rings (SSSR count). The Morgan fingerprint density at radius 1 is 1.05 bits per heavy atom. The minimum Gasteiger partial charge on any atom is -0.329 e. The molecule has 0 aliphatic heterocycles. The topological polar surface area (TPSA) is 42.1 Å². The van der Waals surface area contributed by atoms with Gasteiger partial charge >= 0.3 is 0 Å². The largest absolute Gasteiger partial charge is 0.329 e. The predicted octanol–water partition coefficient (Wildman–Crippen LogP) is 3.38. The van der Waals surface area contributed by atoms with E-state index in [1.807, 2.05) is 18.3 Å². The molecule has 0 radical (unpaired) electrons. The van der Waals surface area contributed by atoms with E-state index in [0.29, 0.717) is 12.5 Å². The molecule has 1 aromatic heterocycles. The van der Waals surface area contributed by atoms with Crippen molar-refractivity contribution >= 4 is 0 Å². The fraction of sp³-hybridized carbons (Fsp3) is 0.421. The number of likely N-dealkylation sites (N-methyl/N-ethyl adjacent to an activating group) is 1. The molecular formula is C19H27N3. The second kappa shape index (κ2) is 8.06. The summed E-state index contributed by atoms with van der Waals surface area (Å²) >= 11 is 0. The monoisotopic (exact) mass is 297 g/mol. The summed E-state index contributed by atoms with van der Waals surface area (Å²) in [5.74, 6) is 0.562. The predicted molar refractivity (Wildman–Crippen MR) is 92.9 cm³/mol. The summed E-state index contributed by atoms with van der Waals surface area (Å²) in [6, 6.07) is 15.2. The summed E-state index contributed by atoms with van der Waals surface area (Å²) in [6.07, 6.45) is 2.79. The summed E-state index contributed by atoms with van der Waals surface area (Å²) in [7, 11) is 2.14. The molecule has 1 unspecified atom stereocenters. The second-order valence-electron chi connectivity index (χ2n) is 6.12. The first-order chi connectivity index (χ1) is 10.6. The van der Waals surface area contributed by atoms with Crippen LogP contribution in [0.25, 0.3) is 0 Å². The van der Waals surface area contributed by atoms with Crippen LogP contribution in [0.3, 0.4) is 0 Å². The minimum atomic E-state index is 0.255. The van der Waals surface area contributed by atoms with Gasteiger partial charge in [0, 0.05) is 37.4 Å². The van der Waals surface area contributed by atoms with E-state index in [1.54, 1.807) is 0 Å². The van der Waals surface area contributed by atoms with Gasteiger partial charge in [-0.15, -0.1) is 0 Å². The Balaban J connectivity index is 2.00. The zero-order chi connectivity index (χ0) is 15.9. The Bertz CT molecular complexity index is 549. The Morgan fingerprint density at radius 3 is 2.27 bits per heavy atom. The molecule has 0 aliphatic rings. The van der Waals surface area contributed by atoms with E-state index in [9.17, 15) is 0 Å². The lowest BCUT2D eigenvalue weighted by Crippen LogP contribution is -2.32. The van der Waals surface area contributed by atoms with Gasteiger partial charge in [-0.25, -0.2) is 0 Å². The van der Waals surface area contributed by atoms with Crippen LogP contribution in [0.15, 0.2) is 48.7 Å². The summed E-state index contributed by atoms with van der Waals surface area (Å²) in [5.41, 5.74) is 9.80. The molecule has 0 spiro atoms. The molecule has 0 saturated carbocycles. The molecule has 1 heterocycles. The van der Waals surface area contributed by atoms with Gasteiger partial charge in [0.2, 0.25) is 0 Å². The zero-order valence-corrected chi connectivity index (χ0v) is 13.9. The SMILES string of the molecule is CC(C)c1ccc(C(CN)N(C)CCc2ccccn2)cc1. The highest BCUT2D eigenvalue weighted by Gasteiger charge is 2.15. The van der Waals surface area contributed by atoms with Crippen LogP contribution >= 0.6 is 0 Å². The number of hydrogen-bond donors (Lipinski definition) is 1. The first kappa shape index (κ1) is 16.7. The molecule has 3 nitrogen and oxygen atoms in total. The van der Waals surface area contributed by atoms with Gasteiger partial charge in [0.15, 0.2) is 0 Å². The van der Waals surface area contributed by atoms with Gasteiger partial charge in [-0.1, -0.05) is 44.2 Å². The second-order valence-corrected chi connectivity index (χ2v) is 6.12. The third-order valence-electron chi connectivity index (χ3n) is 4.19. The molecule has 0 amide bonds. The van der Waals surface area contributed by atoms with Crippen LogP contribution in [0.1, 0.15) is 42.6 Å². The highest BCUT2D eigenvalue weighted by molar-refractivity contribution is 5.27. The van der Waals surface area contributed by atoms with E-state index in [-0.39, 0.29) is 6.04 Å². The molecule has 118 valence electrons. The first-order valence-corrected chi connectivity index (χ1v) is 8.02. The number of aromatic nitrogens is 1. The van der Waals surface area contributed by atoms with Crippen molar-refractivity contribution in [3.63, 3.8) is 0 Å². The van der Waals surface area contributed by atoms with E-state index in [2.05, 4.69) is 61.1 Å². The van der Waals surface area contributed by atoms with Crippen molar-refractivity contribution in [2.75, 3.05) is 20.1 Å². The standard InChI is InChI=1S/C19H27N3/c1-15(2)16-7-9-17(10-8-16)19(14-20)22(3)13-11-18-6-4-5-12-21-18/h4-10,12,15,19H,11,13-14,20H2,1-3H3. The normalized spacial score (nSPS) is 12.8. The fourth-order valence-electron chi connectivity index (χ4n) is 2.67. The molecular weight excluding hydrogens is 270 g/mol. The van der Waals surface area contributed by atoms with Crippen molar-refractivity contribution in [2.24, 2.45) is 5.73 Å². The van der Waals surface area contributed by atoms with Crippen LogP contribution < -0.4 is 5.73 Å². The van der Waals surface area contributed by atoms with Gasteiger partial charge in [-0.3, -0.25) is 9.88 Å². The van der Waals surface area contributed by atoms with Gasteiger partial charge in [0.25, 0.3) is 0 Å². The van der Waals surface area contributed by atoms with Crippen molar-refractivity contribution < 1.29 is 0 Å². The van der Waals surface area contributed by atoms with E-state index in [4.69, 9.17) is 5.73 Å². The molecule has 1 aromatic carbocycles. The average molecular weight is 297 g/mol. The van der Waals surface area contributed by atoms with E-state index in [0.717, 1.165) is 18.7 Å². The maximum atomic E-state index is 6.02. The van der Waals surface area contributed by atoms with Gasteiger partial charge in [-0.05, 0) is 36.2 Å². The van der Waals surface area contributed by atoms with Crippen molar-refractivity contribution in [3.05, 3.63) is 65.5 Å². The highest BCUT2D eigenvalue weighted by Crippen LogP contribution is 2.22. The third-order valence-corrected chi connectivity index (χ3v) is 4.19. The maximum absolute atomic E-state index is 6.02. The lowest BCUT2D eigenvalue weighted by Gasteiger charge is -2.27. The number of nitrogens with two attached hydrogens (primary N) is 1. The quantitative estimate of drug-likeness (QED) is 0.852. The van der Waals surface area contributed by atoms with Gasteiger partial charge in [0.1, 0.15) is 0 Å². The number of rotatable bonds is 7. The van der Waals surface area contributed by atoms with Gasteiger partial charge < -0.3 is 5.73 Å². The Labute approximate surface area is 134 Å². The smallest absolute Gasteiger partial charge is 0.0467 e. The number of benzene rings is 1. The number of pyridine rings is 1. The van der Waals surface area contributed by atoms with Crippen molar-refractivity contribution in [1.29, 1.82) is 0 Å². The Hall–Kier alpha value is -1.71.